The number of carbonyl (C=O) groups is 1. The molecule has 1 aromatic rings. The van der Waals surface area contributed by atoms with Gasteiger partial charge >= 0.3 is 0 Å². The molecule has 0 saturated heterocycles. The highest BCUT2D eigenvalue weighted by atomic mass is 16.1. The summed E-state index contributed by atoms with van der Waals surface area (Å²) in [7, 11) is 0. The molecule has 0 aliphatic heterocycles. The largest absolute Gasteiger partial charge is 0.366 e. The predicted molar refractivity (Wildman–Crippen MR) is 54.1 cm³/mol. The second-order valence-electron chi connectivity index (χ2n) is 3.14. The van der Waals surface area contributed by atoms with E-state index in [1.807, 2.05) is 32.0 Å². The van der Waals surface area contributed by atoms with Crippen molar-refractivity contribution in [2.24, 2.45) is 5.73 Å². The molecule has 1 rings (SSSR count). The third-order valence-electron chi connectivity index (χ3n) is 2.15. The SMILES string of the molecule is C=C(C(N)=O)c1ccc(C)c(C)c1. The minimum atomic E-state index is -0.469. The molecule has 0 aromatic heterocycles. The van der Waals surface area contributed by atoms with E-state index in [1.54, 1.807) is 0 Å². The van der Waals surface area contributed by atoms with Gasteiger partial charge in [0.2, 0.25) is 5.91 Å². The second kappa shape index (κ2) is 3.44. The smallest absolute Gasteiger partial charge is 0.248 e. The van der Waals surface area contributed by atoms with Crippen LogP contribution in [0, 0.1) is 13.8 Å². The van der Waals surface area contributed by atoms with Gasteiger partial charge in [0.05, 0.1) is 0 Å². The standard InChI is InChI=1S/C11H13NO/c1-7-4-5-10(6-8(7)2)9(3)11(12)13/h4-6H,3H2,1-2H3,(H2,12,13). The zero-order valence-electron chi connectivity index (χ0n) is 7.92. The van der Waals surface area contributed by atoms with E-state index in [4.69, 9.17) is 5.73 Å². The van der Waals surface area contributed by atoms with E-state index >= 15 is 0 Å². The van der Waals surface area contributed by atoms with E-state index in [-0.39, 0.29) is 0 Å². The van der Waals surface area contributed by atoms with E-state index in [1.165, 1.54) is 5.56 Å². The summed E-state index contributed by atoms with van der Waals surface area (Å²) in [6.07, 6.45) is 0. The number of nitrogens with two attached hydrogens (primary N) is 1. The van der Waals surface area contributed by atoms with Gasteiger partial charge in [-0.3, -0.25) is 4.79 Å². The highest BCUT2D eigenvalue weighted by molar-refractivity contribution is 6.17. The summed E-state index contributed by atoms with van der Waals surface area (Å²) < 4.78 is 0. The van der Waals surface area contributed by atoms with Crippen LogP contribution >= 0.6 is 0 Å². The van der Waals surface area contributed by atoms with Crippen LogP contribution in [-0.4, -0.2) is 5.91 Å². The number of rotatable bonds is 2. The van der Waals surface area contributed by atoms with E-state index < -0.39 is 5.91 Å². The molecule has 0 unspecified atom stereocenters. The summed E-state index contributed by atoms with van der Waals surface area (Å²) in [4.78, 5) is 10.8. The molecule has 1 amide bonds. The second-order valence-corrected chi connectivity index (χ2v) is 3.14. The van der Waals surface area contributed by atoms with Crippen LogP contribution in [0.4, 0.5) is 0 Å². The van der Waals surface area contributed by atoms with E-state index in [0.717, 1.165) is 11.1 Å². The highest BCUT2D eigenvalue weighted by Gasteiger charge is 2.05. The summed E-state index contributed by atoms with van der Waals surface area (Å²) in [6, 6.07) is 5.73. The van der Waals surface area contributed by atoms with E-state index in [2.05, 4.69) is 6.58 Å². The molecule has 0 fully saturated rings. The highest BCUT2D eigenvalue weighted by Crippen LogP contribution is 2.16. The first-order chi connectivity index (χ1) is 6.02. The summed E-state index contributed by atoms with van der Waals surface area (Å²) in [5.41, 5.74) is 8.62. The molecule has 2 nitrogen and oxygen atoms in total. The minimum absolute atomic E-state index is 0.364. The summed E-state index contributed by atoms with van der Waals surface area (Å²) >= 11 is 0. The maximum atomic E-state index is 10.8. The summed E-state index contributed by atoms with van der Waals surface area (Å²) in [6.45, 7) is 7.63. The molecule has 1 aromatic carbocycles. The van der Waals surface area contributed by atoms with Gasteiger partial charge in [-0.2, -0.15) is 0 Å². The molecule has 0 bridgehead atoms. The molecule has 0 radical (unpaired) electrons. The van der Waals surface area contributed by atoms with Crippen LogP contribution in [0.15, 0.2) is 24.8 Å². The maximum absolute atomic E-state index is 10.8. The molecule has 0 saturated carbocycles. The van der Waals surface area contributed by atoms with Gasteiger partial charge in [0.15, 0.2) is 0 Å². The number of primary amides is 1. The van der Waals surface area contributed by atoms with Gasteiger partial charge < -0.3 is 5.73 Å². The van der Waals surface area contributed by atoms with Crippen molar-refractivity contribution in [1.82, 2.24) is 0 Å². The zero-order valence-corrected chi connectivity index (χ0v) is 7.92. The van der Waals surface area contributed by atoms with Crippen LogP contribution < -0.4 is 5.73 Å². The van der Waals surface area contributed by atoms with Crippen LogP contribution in [0.1, 0.15) is 16.7 Å². The van der Waals surface area contributed by atoms with Crippen molar-refractivity contribution in [2.45, 2.75) is 13.8 Å². The Hall–Kier alpha value is -1.57. The van der Waals surface area contributed by atoms with Crippen molar-refractivity contribution >= 4 is 11.5 Å². The van der Waals surface area contributed by atoms with Crippen molar-refractivity contribution in [2.75, 3.05) is 0 Å². The van der Waals surface area contributed by atoms with Gasteiger partial charge in [0.25, 0.3) is 0 Å². The van der Waals surface area contributed by atoms with Gasteiger partial charge in [0, 0.05) is 5.57 Å². The Morgan fingerprint density at radius 1 is 1.31 bits per heavy atom. The zero-order chi connectivity index (χ0) is 10.0. The normalized spacial score (nSPS) is 9.69. The molecular weight excluding hydrogens is 162 g/mol. The van der Waals surface area contributed by atoms with Crippen LogP contribution in [0.25, 0.3) is 5.57 Å². The number of benzene rings is 1. The third-order valence-corrected chi connectivity index (χ3v) is 2.15. The first-order valence-corrected chi connectivity index (χ1v) is 4.08. The lowest BCUT2D eigenvalue weighted by Crippen LogP contribution is -2.12. The van der Waals surface area contributed by atoms with E-state index in [0.29, 0.717) is 5.57 Å². The molecule has 68 valence electrons. The molecule has 2 heteroatoms. The van der Waals surface area contributed by atoms with Crippen LogP contribution in [-0.2, 0) is 4.79 Å². The lowest BCUT2D eigenvalue weighted by Gasteiger charge is -2.04. The fourth-order valence-electron chi connectivity index (χ4n) is 1.07. The van der Waals surface area contributed by atoms with Crippen molar-refractivity contribution in [3.63, 3.8) is 0 Å². The van der Waals surface area contributed by atoms with Gasteiger partial charge in [-0.25, -0.2) is 0 Å². The predicted octanol–water partition coefficient (Wildman–Crippen LogP) is 1.80. The van der Waals surface area contributed by atoms with Crippen molar-refractivity contribution in [3.05, 3.63) is 41.5 Å². The van der Waals surface area contributed by atoms with Crippen LogP contribution in [0.2, 0.25) is 0 Å². The lowest BCUT2D eigenvalue weighted by molar-refractivity contribution is -0.112. The molecule has 0 heterocycles. The number of carbonyl (C=O) groups excluding carboxylic acids is 1. The Balaban J connectivity index is 3.11. The molecule has 0 aliphatic carbocycles. The average Bonchev–Trinajstić information content (AvgIpc) is 2.08. The Labute approximate surface area is 78.1 Å². The Morgan fingerprint density at radius 3 is 2.38 bits per heavy atom. The number of aryl methyl sites for hydroxylation is 2. The monoisotopic (exact) mass is 175 g/mol. The average molecular weight is 175 g/mol. The van der Waals surface area contributed by atoms with Gasteiger partial charge in [-0.1, -0.05) is 24.8 Å². The van der Waals surface area contributed by atoms with Crippen molar-refractivity contribution < 1.29 is 4.79 Å². The van der Waals surface area contributed by atoms with Crippen molar-refractivity contribution in [3.8, 4) is 0 Å². The van der Waals surface area contributed by atoms with Gasteiger partial charge in [-0.05, 0) is 30.5 Å². The number of hydrogen-bond donors (Lipinski definition) is 1. The van der Waals surface area contributed by atoms with Crippen molar-refractivity contribution in [1.29, 1.82) is 0 Å². The quantitative estimate of drug-likeness (QED) is 0.684. The summed E-state index contributed by atoms with van der Waals surface area (Å²) in [5.74, 6) is -0.469. The molecule has 0 spiro atoms. The fourth-order valence-corrected chi connectivity index (χ4v) is 1.07. The van der Waals surface area contributed by atoms with Crippen LogP contribution in [0.5, 0.6) is 0 Å². The third kappa shape index (κ3) is 1.96. The Bertz CT molecular complexity index is 366. The van der Waals surface area contributed by atoms with E-state index in [9.17, 15) is 4.79 Å². The summed E-state index contributed by atoms with van der Waals surface area (Å²) in [5, 5.41) is 0. The number of amides is 1. The number of hydrogen-bond acceptors (Lipinski definition) is 1. The molecule has 0 aliphatic rings. The Morgan fingerprint density at radius 2 is 1.92 bits per heavy atom. The molecule has 13 heavy (non-hydrogen) atoms. The first-order valence-electron chi connectivity index (χ1n) is 4.08. The molecule has 2 N–H and O–H groups in total. The topological polar surface area (TPSA) is 43.1 Å². The molecule has 0 atom stereocenters. The van der Waals surface area contributed by atoms with Gasteiger partial charge in [0.1, 0.15) is 0 Å². The molecular formula is C11H13NO. The minimum Gasteiger partial charge on any atom is -0.366 e. The lowest BCUT2D eigenvalue weighted by atomic mass is 10.0. The fraction of sp³-hybridized carbons (Fsp3) is 0.182. The van der Waals surface area contributed by atoms with Crippen LogP contribution in [0.3, 0.4) is 0 Å². The Kier molecular flexibility index (Phi) is 2.52. The maximum Gasteiger partial charge on any atom is 0.248 e. The first kappa shape index (κ1) is 9.52. The van der Waals surface area contributed by atoms with Gasteiger partial charge in [-0.15, -0.1) is 0 Å².